The number of hydrogen-bond acceptors (Lipinski definition) is 9. The molecule has 10 nitrogen and oxygen atoms in total. The molecule has 0 saturated heterocycles. The van der Waals surface area contributed by atoms with Gasteiger partial charge < -0.3 is 22.1 Å². The highest BCUT2D eigenvalue weighted by Crippen LogP contribution is 2.46. The summed E-state index contributed by atoms with van der Waals surface area (Å²) in [4.78, 5) is 29.2. The monoisotopic (exact) mass is 952 g/mol. The number of carbonyl (C=O) groups excluding carboxylic acids is 2. The van der Waals surface area contributed by atoms with Crippen LogP contribution in [0.25, 0.3) is 5.57 Å². The second-order valence-electron chi connectivity index (χ2n) is 14.3. The standard InChI is InChI=1S/C21H19N3O2S2.C21H16N2OS.C7H6BrNO/c1-14-7-10-17(11-8-14)28(25,26)24-23-15(2)16-9-12-21-19(13-16)22-18-5-3-4-6-20(18)27-21;1-13(14-5-4-6-16(11-14)21(22)24)15-9-10-20-18(12-15)23-17-7-2-3-8-19(17)25-20;8-6-3-1-2-5(4-6)7(9)10/h3-13,22,24H,1-2H3;2-12,23H,1H2,(H2,22,24);1-4H,(H2,9,10)/b23-15+;;. The maximum Gasteiger partial charge on any atom is 0.276 e. The van der Waals surface area contributed by atoms with Crippen molar-refractivity contribution in [3.8, 4) is 0 Å². The summed E-state index contributed by atoms with van der Waals surface area (Å²) in [6, 6.07) is 49.4. The summed E-state index contributed by atoms with van der Waals surface area (Å²) in [6.45, 7) is 7.89. The second-order valence-corrected chi connectivity index (χ2v) is 19.0. The zero-order valence-corrected chi connectivity index (χ0v) is 38.1. The predicted octanol–water partition coefficient (Wildman–Crippen LogP) is 11.5. The summed E-state index contributed by atoms with van der Waals surface area (Å²) in [6.07, 6.45) is 0. The van der Waals surface area contributed by atoms with Crippen LogP contribution < -0.4 is 26.9 Å². The third-order valence-electron chi connectivity index (χ3n) is 9.75. The number of carbonyl (C=O) groups is 2. The van der Waals surface area contributed by atoms with E-state index >= 15 is 0 Å². The fourth-order valence-corrected chi connectivity index (χ4v) is 9.52. The smallest absolute Gasteiger partial charge is 0.276 e. The highest BCUT2D eigenvalue weighted by Gasteiger charge is 2.18. The molecule has 0 spiro atoms. The van der Waals surface area contributed by atoms with Gasteiger partial charge in [0.15, 0.2) is 0 Å². The van der Waals surface area contributed by atoms with Crippen molar-refractivity contribution in [2.45, 2.75) is 38.3 Å². The minimum absolute atomic E-state index is 0.190. The molecule has 2 aliphatic heterocycles. The lowest BCUT2D eigenvalue weighted by Gasteiger charge is -2.21. The molecule has 0 aromatic heterocycles. The Labute approximate surface area is 383 Å². The third kappa shape index (κ3) is 11.1. The highest BCUT2D eigenvalue weighted by atomic mass is 79.9. The van der Waals surface area contributed by atoms with Crippen LogP contribution in [0.3, 0.4) is 0 Å². The van der Waals surface area contributed by atoms with Gasteiger partial charge in [0.1, 0.15) is 0 Å². The summed E-state index contributed by atoms with van der Waals surface area (Å²) >= 11 is 6.68. The number of rotatable bonds is 8. The van der Waals surface area contributed by atoms with Gasteiger partial charge in [-0.25, -0.2) is 0 Å². The van der Waals surface area contributed by atoms with Crippen molar-refractivity contribution in [3.63, 3.8) is 0 Å². The Bertz CT molecular complexity index is 3030. The van der Waals surface area contributed by atoms with Crippen LogP contribution in [0, 0.1) is 6.92 Å². The van der Waals surface area contributed by atoms with Crippen LogP contribution in [0.1, 0.15) is 49.9 Å². The maximum atomic E-state index is 12.4. The van der Waals surface area contributed by atoms with E-state index in [1.54, 1.807) is 85.0 Å². The Balaban J connectivity index is 0.000000156. The van der Waals surface area contributed by atoms with Gasteiger partial charge in [0, 0.05) is 35.2 Å². The Morgan fingerprint density at radius 2 is 1.06 bits per heavy atom. The number of anilines is 4. The first-order valence-electron chi connectivity index (χ1n) is 19.4. The lowest BCUT2D eigenvalue weighted by atomic mass is 9.97. The third-order valence-corrected chi connectivity index (χ3v) is 13.8. The van der Waals surface area contributed by atoms with Crippen LogP contribution in [0.2, 0.25) is 0 Å². The molecule has 0 bridgehead atoms. The van der Waals surface area contributed by atoms with E-state index in [4.69, 9.17) is 11.5 Å². The van der Waals surface area contributed by atoms with Crippen LogP contribution in [-0.4, -0.2) is 25.9 Å². The molecule has 9 rings (SSSR count). The molecule has 63 heavy (non-hydrogen) atoms. The molecule has 0 fully saturated rings. The molecule has 0 saturated carbocycles. The molecular weight excluding hydrogens is 913 g/mol. The topological polar surface area (TPSA) is 169 Å². The number of nitrogens with zero attached hydrogens (tertiary/aromatic N) is 1. The van der Waals surface area contributed by atoms with E-state index in [0.717, 1.165) is 59.9 Å². The number of primary amides is 2. The Morgan fingerprint density at radius 1 is 0.587 bits per heavy atom. The van der Waals surface area contributed by atoms with Crippen molar-refractivity contribution in [2.75, 3.05) is 10.6 Å². The van der Waals surface area contributed by atoms with E-state index in [0.29, 0.717) is 16.8 Å². The molecule has 2 heterocycles. The lowest BCUT2D eigenvalue weighted by molar-refractivity contribution is 0.0992. The Morgan fingerprint density at radius 3 is 1.62 bits per heavy atom. The van der Waals surface area contributed by atoms with Crippen LogP contribution in [0.4, 0.5) is 22.7 Å². The number of halogens is 1. The Hall–Kier alpha value is -6.58. The van der Waals surface area contributed by atoms with Gasteiger partial charge in [0.2, 0.25) is 11.8 Å². The lowest BCUT2D eigenvalue weighted by Crippen LogP contribution is -2.20. The molecule has 0 radical (unpaired) electrons. The first-order chi connectivity index (χ1) is 30.2. The van der Waals surface area contributed by atoms with Gasteiger partial charge in [-0.3, -0.25) is 9.59 Å². The molecule has 7 aromatic carbocycles. The summed E-state index contributed by atoms with van der Waals surface area (Å²) < 4.78 is 25.7. The minimum Gasteiger partial charge on any atom is -0.366 e. The van der Waals surface area contributed by atoms with Crippen molar-refractivity contribution in [1.29, 1.82) is 0 Å². The van der Waals surface area contributed by atoms with Crippen LogP contribution in [-0.2, 0) is 10.0 Å². The fraction of sp³-hybridized carbons (Fsp3) is 0.0408. The predicted molar refractivity (Wildman–Crippen MR) is 260 cm³/mol. The van der Waals surface area contributed by atoms with E-state index in [-0.39, 0.29) is 4.90 Å². The largest absolute Gasteiger partial charge is 0.366 e. The van der Waals surface area contributed by atoms with Crippen molar-refractivity contribution < 1.29 is 18.0 Å². The number of hydrogen-bond donors (Lipinski definition) is 5. The van der Waals surface area contributed by atoms with E-state index in [9.17, 15) is 18.0 Å². The van der Waals surface area contributed by atoms with Gasteiger partial charge in [0.05, 0.1) is 33.4 Å². The minimum atomic E-state index is -3.69. The normalized spacial score (nSPS) is 12.1. The number of benzene rings is 7. The SMILES string of the molecule is C/C(=N\NS(=O)(=O)c1ccc(C)cc1)c1ccc2c(c1)Nc1ccccc1S2.C=C(c1cccc(C(N)=O)c1)c1ccc2c(c1)Nc1ccccc1S2.NC(=O)c1cccc(Br)c1. The first kappa shape index (κ1) is 44.5. The summed E-state index contributed by atoms with van der Waals surface area (Å²) in [5.41, 5.74) is 20.8. The molecule has 7 aromatic rings. The molecule has 7 N–H and O–H groups in total. The average molecular weight is 954 g/mol. The second kappa shape index (κ2) is 19.6. The van der Waals surface area contributed by atoms with Crippen molar-refractivity contribution in [1.82, 2.24) is 4.83 Å². The van der Waals surface area contributed by atoms with Crippen LogP contribution in [0.5, 0.6) is 0 Å². The van der Waals surface area contributed by atoms with Gasteiger partial charge in [0.25, 0.3) is 10.0 Å². The molecular formula is C49H41BrN6O4S3. The number of nitrogens with two attached hydrogens (primary N) is 2. The maximum absolute atomic E-state index is 12.4. The zero-order chi connectivity index (χ0) is 44.7. The van der Waals surface area contributed by atoms with Gasteiger partial charge in [-0.15, -0.1) is 0 Å². The van der Waals surface area contributed by atoms with Gasteiger partial charge in [-0.05, 0) is 127 Å². The van der Waals surface area contributed by atoms with Crippen LogP contribution >= 0.6 is 39.5 Å². The van der Waals surface area contributed by atoms with E-state index < -0.39 is 21.8 Å². The number of sulfonamides is 1. The molecule has 14 heteroatoms. The first-order valence-corrected chi connectivity index (χ1v) is 23.3. The number of nitrogens with one attached hydrogen (secondary N) is 3. The number of hydrazone groups is 1. The quantitative estimate of drug-likeness (QED) is 0.0741. The summed E-state index contributed by atoms with van der Waals surface area (Å²) in [5, 5.41) is 11.0. The van der Waals surface area contributed by atoms with E-state index in [2.05, 4.69) is 79.5 Å². The summed E-state index contributed by atoms with van der Waals surface area (Å²) in [5.74, 6) is -0.837. The van der Waals surface area contributed by atoms with E-state index in [1.807, 2.05) is 73.7 Å². The fourth-order valence-electron chi connectivity index (χ4n) is 6.32. The number of aryl methyl sites for hydroxylation is 1. The molecule has 0 aliphatic carbocycles. The van der Waals surface area contributed by atoms with Gasteiger partial charge in [-0.1, -0.05) is 118 Å². The highest BCUT2D eigenvalue weighted by molar-refractivity contribution is 9.10. The molecule has 2 aliphatic rings. The van der Waals surface area contributed by atoms with Crippen molar-refractivity contribution in [3.05, 3.63) is 202 Å². The van der Waals surface area contributed by atoms with Crippen molar-refractivity contribution >= 4 is 95.3 Å². The molecule has 0 unspecified atom stereocenters. The van der Waals surface area contributed by atoms with Crippen LogP contribution in [0.15, 0.2) is 198 Å². The number of fused-ring (bicyclic) bond motifs is 4. The zero-order valence-electron chi connectivity index (χ0n) is 34.1. The molecule has 316 valence electrons. The van der Waals surface area contributed by atoms with Crippen molar-refractivity contribution in [2.24, 2.45) is 16.6 Å². The number of amides is 2. The summed E-state index contributed by atoms with van der Waals surface area (Å²) in [7, 11) is -3.69. The number of para-hydroxylation sites is 2. The van der Waals surface area contributed by atoms with Gasteiger partial charge in [-0.2, -0.15) is 18.4 Å². The molecule has 2 amide bonds. The average Bonchev–Trinajstić information content (AvgIpc) is 3.29. The van der Waals surface area contributed by atoms with Gasteiger partial charge >= 0.3 is 0 Å². The molecule has 0 atom stereocenters. The van der Waals surface area contributed by atoms with E-state index in [1.165, 1.54) is 14.7 Å². The Kier molecular flexibility index (Phi) is 13.9.